The maximum Gasteiger partial charge on any atom is 0.333 e. The summed E-state index contributed by atoms with van der Waals surface area (Å²) in [5.41, 5.74) is 1.84. The first-order valence-corrected chi connectivity index (χ1v) is 15.7. The molecule has 1 N–H and O–H groups in total. The number of fused-ring (bicyclic) bond motifs is 2. The Kier molecular flexibility index (Phi) is 9.32. The van der Waals surface area contributed by atoms with E-state index in [0.29, 0.717) is 18.1 Å². The summed E-state index contributed by atoms with van der Waals surface area (Å²) in [6, 6.07) is 24.4. The predicted molar refractivity (Wildman–Crippen MR) is 166 cm³/mol. The lowest BCUT2D eigenvalue weighted by atomic mass is 9.78. The van der Waals surface area contributed by atoms with Crippen molar-refractivity contribution in [3.63, 3.8) is 0 Å². The number of aliphatic hydroxyl groups is 1. The Balaban J connectivity index is 1.45. The SMILES string of the molecule is CC(CO)(COC(C)(C)C)COC1(c2ccc(CCC(=O)ON3C(=O)CCC3=O)cc2)c2ccccc2Sc2ccccc21. The Labute approximate surface area is 262 Å². The minimum absolute atomic E-state index is 0.0169. The summed E-state index contributed by atoms with van der Waals surface area (Å²) in [6.07, 6.45) is 0.508. The third-order valence-electron chi connectivity index (χ3n) is 7.80. The van der Waals surface area contributed by atoms with Crippen molar-refractivity contribution in [1.82, 2.24) is 5.06 Å². The van der Waals surface area contributed by atoms with Gasteiger partial charge in [0, 0.05) is 39.2 Å². The average Bonchev–Trinajstić information content (AvgIpc) is 3.33. The molecule has 1 saturated heterocycles. The lowest BCUT2D eigenvalue weighted by Gasteiger charge is -2.43. The number of hydroxylamine groups is 2. The number of carbonyl (C=O) groups excluding carboxylic acids is 3. The molecule has 5 rings (SSSR count). The minimum Gasteiger partial charge on any atom is -0.396 e. The number of ether oxygens (including phenoxy) is 2. The molecule has 9 heteroatoms. The number of carbonyl (C=O) groups is 3. The fourth-order valence-corrected chi connectivity index (χ4v) is 6.44. The summed E-state index contributed by atoms with van der Waals surface area (Å²) in [7, 11) is 0. The molecular formula is C35H39NO7S. The summed E-state index contributed by atoms with van der Waals surface area (Å²) in [4.78, 5) is 43.2. The fourth-order valence-electron chi connectivity index (χ4n) is 5.27. The molecule has 0 bridgehead atoms. The average molecular weight is 618 g/mol. The molecule has 0 spiro atoms. The van der Waals surface area contributed by atoms with Crippen LogP contribution in [0.3, 0.4) is 0 Å². The molecule has 2 aliphatic heterocycles. The van der Waals surface area contributed by atoms with Gasteiger partial charge < -0.3 is 19.4 Å². The van der Waals surface area contributed by atoms with Gasteiger partial charge in [-0.25, -0.2) is 4.79 Å². The molecule has 2 amide bonds. The van der Waals surface area contributed by atoms with E-state index in [4.69, 9.17) is 14.3 Å². The number of nitrogens with zero attached hydrogens (tertiary/aromatic N) is 1. The van der Waals surface area contributed by atoms with Crippen LogP contribution >= 0.6 is 11.8 Å². The van der Waals surface area contributed by atoms with Crippen molar-refractivity contribution in [3.05, 3.63) is 95.1 Å². The van der Waals surface area contributed by atoms with Crippen LogP contribution in [-0.2, 0) is 40.7 Å². The molecule has 0 saturated carbocycles. The van der Waals surface area contributed by atoms with Gasteiger partial charge in [0.25, 0.3) is 11.8 Å². The van der Waals surface area contributed by atoms with Crippen LogP contribution in [0.5, 0.6) is 0 Å². The Bertz CT molecular complexity index is 1470. The normalized spacial score (nSPS) is 17.2. The molecule has 2 aliphatic rings. The molecule has 44 heavy (non-hydrogen) atoms. The van der Waals surface area contributed by atoms with E-state index in [-0.39, 0.29) is 38.1 Å². The molecule has 232 valence electrons. The van der Waals surface area contributed by atoms with Gasteiger partial charge >= 0.3 is 5.97 Å². The van der Waals surface area contributed by atoms with Gasteiger partial charge in [-0.15, -0.1) is 5.06 Å². The molecule has 0 aromatic heterocycles. The summed E-state index contributed by atoms with van der Waals surface area (Å²) >= 11 is 1.70. The van der Waals surface area contributed by atoms with Crippen molar-refractivity contribution in [2.24, 2.45) is 5.41 Å². The first-order valence-electron chi connectivity index (χ1n) is 14.9. The van der Waals surface area contributed by atoms with Crippen molar-refractivity contribution < 1.29 is 33.8 Å². The van der Waals surface area contributed by atoms with Crippen LogP contribution in [0.25, 0.3) is 0 Å². The highest BCUT2D eigenvalue weighted by atomic mass is 32.2. The van der Waals surface area contributed by atoms with Gasteiger partial charge in [-0.1, -0.05) is 79.3 Å². The van der Waals surface area contributed by atoms with Gasteiger partial charge in [0.2, 0.25) is 0 Å². The van der Waals surface area contributed by atoms with Crippen LogP contribution in [0.15, 0.2) is 82.6 Å². The number of rotatable bonds is 11. The third-order valence-corrected chi connectivity index (χ3v) is 8.95. The molecule has 1 atom stereocenters. The molecular weight excluding hydrogens is 578 g/mol. The number of amides is 2. The van der Waals surface area contributed by atoms with Crippen LogP contribution in [0.4, 0.5) is 0 Å². The van der Waals surface area contributed by atoms with Crippen LogP contribution in [0.1, 0.15) is 69.2 Å². The number of aryl methyl sites for hydroxylation is 1. The zero-order valence-electron chi connectivity index (χ0n) is 25.6. The van der Waals surface area contributed by atoms with E-state index in [2.05, 4.69) is 24.3 Å². The van der Waals surface area contributed by atoms with Crippen molar-refractivity contribution >= 4 is 29.5 Å². The highest BCUT2D eigenvalue weighted by molar-refractivity contribution is 7.99. The van der Waals surface area contributed by atoms with Gasteiger partial charge in [-0.05, 0) is 50.5 Å². The quantitative estimate of drug-likeness (QED) is 0.269. The number of hydrogen-bond acceptors (Lipinski definition) is 8. The van der Waals surface area contributed by atoms with E-state index < -0.39 is 28.8 Å². The third kappa shape index (κ3) is 6.76. The fraction of sp³-hybridized carbons (Fsp3) is 0.400. The number of imide groups is 1. The largest absolute Gasteiger partial charge is 0.396 e. The van der Waals surface area contributed by atoms with Gasteiger partial charge in [0.05, 0.1) is 31.8 Å². The Morgan fingerprint density at radius 2 is 1.43 bits per heavy atom. The molecule has 3 aromatic rings. The summed E-state index contributed by atoms with van der Waals surface area (Å²) in [6.45, 7) is 8.38. The zero-order valence-corrected chi connectivity index (χ0v) is 26.4. The van der Waals surface area contributed by atoms with Crippen molar-refractivity contribution in [2.75, 3.05) is 19.8 Å². The highest BCUT2D eigenvalue weighted by Crippen LogP contribution is 2.53. The van der Waals surface area contributed by atoms with Crippen molar-refractivity contribution in [1.29, 1.82) is 0 Å². The van der Waals surface area contributed by atoms with E-state index in [1.165, 1.54) is 0 Å². The van der Waals surface area contributed by atoms with Crippen LogP contribution in [-0.4, -0.2) is 53.4 Å². The second-order valence-corrected chi connectivity index (χ2v) is 13.8. The standard InChI is InChI=1S/C35H39NO7S/c1-33(2,3)41-22-34(4,21-37)23-42-35(26-9-5-7-11-28(26)44-29-12-8-6-10-27(29)35)25-16-13-24(14-17-25)15-20-32(40)43-36-30(38)18-19-31(36)39/h5-14,16-17,37H,15,18-23H2,1-4H3. The topological polar surface area (TPSA) is 102 Å². The smallest absolute Gasteiger partial charge is 0.333 e. The summed E-state index contributed by atoms with van der Waals surface area (Å²) in [5, 5.41) is 11.1. The second kappa shape index (κ2) is 12.9. The van der Waals surface area contributed by atoms with Gasteiger partial charge in [0.15, 0.2) is 0 Å². The Morgan fingerprint density at radius 1 is 0.864 bits per heavy atom. The van der Waals surface area contributed by atoms with Gasteiger partial charge in [-0.2, -0.15) is 0 Å². The number of hydrogen-bond donors (Lipinski definition) is 1. The monoisotopic (exact) mass is 617 g/mol. The lowest BCUT2D eigenvalue weighted by Crippen LogP contribution is -2.42. The molecule has 2 heterocycles. The molecule has 0 aliphatic carbocycles. The summed E-state index contributed by atoms with van der Waals surface area (Å²) in [5.74, 6) is -1.62. The van der Waals surface area contributed by atoms with E-state index in [1.54, 1.807) is 11.8 Å². The second-order valence-electron chi connectivity index (χ2n) is 12.7. The first-order chi connectivity index (χ1) is 20.9. The number of aliphatic hydroxyl groups excluding tert-OH is 1. The number of benzene rings is 3. The predicted octanol–water partition coefficient (Wildman–Crippen LogP) is 5.81. The first kappa shape index (κ1) is 31.9. The highest BCUT2D eigenvalue weighted by Gasteiger charge is 2.45. The van der Waals surface area contributed by atoms with Gasteiger partial charge in [0.1, 0.15) is 5.60 Å². The van der Waals surface area contributed by atoms with E-state index in [1.807, 2.05) is 76.2 Å². The van der Waals surface area contributed by atoms with E-state index in [9.17, 15) is 19.5 Å². The Hall–Kier alpha value is -3.50. The zero-order chi connectivity index (χ0) is 31.5. The minimum atomic E-state index is -0.968. The van der Waals surface area contributed by atoms with Gasteiger partial charge in [-0.3, -0.25) is 9.59 Å². The summed E-state index contributed by atoms with van der Waals surface area (Å²) < 4.78 is 13.2. The Morgan fingerprint density at radius 3 is 1.98 bits per heavy atom. The lowest BCUT2D eigenvalue weighted by molar-refractivity contribution is -0.197. The maximum absolute atomic E-state index is 12.4. The maximum atomic E-state index is 12.4. The molecule has 8 nitrogen and oxygen atoms in total. The van der Waals surface area contributed by atoms with Crippen LogP contribution < -0.4 is 0 Å². The van der Waals surface area contributed by atoms with Crippen molar-refractivity contribution in [3.8, 4) is 0 Å². The molecule has 1 unspecified atom stereocenters. The molecule has 3 aromatic carbocycles. The van der Waals surface area contributed by atoms with E-state index in [0.717, 1.165) is 32.0 Å². The molecule has 0 radical (unpaired) electrons. The van der Waals surface area contributed by atoms with Crippen molar-refractivity contribution in [2.45, 2.75) is 74.4 Å². The van der Waals surface area contributed by atoms with E-state index >= 15 is 0 Å². The molecule has 1 fully saturated rings. The van der Waals surface area contributed by atoms with Crippen LogP contribution in [0, 0.1) is 5.41 Å². The van der Waals surface area contributed by atoms with Crippen LogP contribution in [0.2, 0.25) is 0 Å².